The van der Waals surface area contributed by atoms with Crippen LogP contribution in [0.2, 0.25) is 0 Å². The van der Waals surface area contributed by atoms with Crippen LogP contribution in [0.5, 0.6) is 0 Å². The topological polar surface area (TPSA) is 72.2 Å². The number of hydrogen-bond donors (Lipinski definition) is 1. The SMILES string of the molecule is Cc1ccc2nc(NC(=O)c3cc4ncccn4n3)sc2c1. The van der Waals surface area contributed by atoms with Crippen molar-refractivity contribution in [2.24, 2.45) is 0 Å². The van der Waals surface area contributed by atoms with Crippen molar-refractivity contribution in [2.45, 2.75) is 6.92 Å². The summed E-state index contributed by atoms with van der Waals surface area (Å²) < 4.78 is 2.61. The first-order chi connectivity index (χ1) is 10.7. The Bertz CT molecular complexity index is 970. The summed E-state index contributed by atoms with van der Waals surface area (Å²) in [5.74, 6) is -0.290. The highest BCUT2D eigenvalue weighted by Crippen LogP contribution is 2.26. The number of anilines is 1. The molecule has 0 spiro atoms. The van der Waals surface area contributed by atoms with E-state index in [-0.39, 0.29) is 5.91 Å². The van der Waals surface area contributed by atoms with E-state index in [1.807, 2.05) is 19.1 Å². The highest BCUT2D eigenvalue weighted by molar-refractivity contribution is 7.22. The second kappa shape index (κ2) is 4.88. The molecule has 4 aromatic rings. The molecule has 22 heavy (non-hydrogen) atoms. The smallest absolute Gasteiger partial charge is 0.278 e. The number of amides is 1. The van der Waals surface area contributed by atoms with Crippen molar-refractivity contribution in [1.29, 1.82) is 0 Å². The summed E-state index contributed by atoms with van der Waals surface area (Å²) in [5, 5.41) is 7.55. The van der Waals surface area contributed by atoms with Gasteiger partial charge in [-0.15, -0.1) is 0 Å². The number of hydrogen-bond acceptors (Lipinski definition) is 5. The van der Waals surface area contributed by atoms with Gasteiger partial charge in [0.25, 0.3) is 5.91 Å². The minimum absolute atomic E-state index is 0.290. The Labute approximate surface area is 129 Å². The van der Waals surface area contributed by atoms with Gasteiger partial charge in [-0.2, -0.15) is 5.10 Å². The summed E-state index contributed by atoms with van der Waals surface area (Å²) in [6, 6.07) is 9.41. The lowest BCUT2D eigenvalue weighted by Gasteiger charge is -1.96. The normalized spacial score (nSPS) is 11.1. The average molecular weight is 309 g/mol. The molecule has 0 bridgehead atoms. The molecule has 3 aromatic heterocycles. The summed E-state index contributed by atoms with van der Waals surface area (Å²) in [6.45, 7) is 2.03. The van der Waals surface area contributed by atoms with E-state index in [2.05, 4.69) is 26.4 Å². The molecule has 0 atom stereocenters. The lowest BCUT2D eigenvalue weighted by molar-refractivity contribution is 0.102. The van der Waals surface area contributed by atoms with E-state index in [0.29, 0.717) is 16.5 Å². The fourth-order valence-electron chi connectivity index (χ4n) is 2.19. The minimum atomic E-state index is -0.290. The van der Waals surface area contributed by atoms with Crippen molar-refractivity contribution in [3.05, 3.63) is 54.0 Å². The molecule has 0 aliphatic carbocycles. The predicted molar refractivity (Wildman–Crippen MR) is 85.3 cm³/mol. The van der Waals surface area contributed by atoms with Gasteiger partial charge in [0.05, 0.1) is 10.2 Å². The van der Waals surface area contributed by atoms with Gasteiger partial charge in [-0.3, -0.25) is 10.1 Å². The van der Waals surface area contributed by atoms with Gasteiger partial charge in [-0.1, -0.05) is 17.4 Å². The highest BCUT2D eigenvalue weighted by atomic mass is 32.1. The lowest BCUT2D eigenvalue weighted by Crippen LogP contribution is -2.12. The van der Waals surface area contributed by atoms with Gasteiger partial charge < -0.3 is 0 Å². The van der Waals surface area contributed by atoms with Gasteiger partial charge in [0.1, 0.15) is 0 Å². The summed E-state index contributed by atoms with van der Waals surface area (Å²) in [6.07, 6.45) is 3.41. The zero-order valence-corrected chi connectivity index (χ0v) is 12.5. The standard InChI is InChI=1S/C15H11N5OS/c1-9-3-4-10-12(7-9)22-15(17-10)18-14(21)11-8-13-16-5-2-6-20(13)19-11/h2-8H,1H3,(H,17,18,21). The van der Waals surface area contributed by atoms with Crippen molar-refractivity contribution in [2.75, 3.05) is 5.32 Å². The molecule has 1 aromatic carbocycles. The van der Waals surface area contributed by atoms with E-state index >= 15 is 0 Å². The molecule has 0 aliphatic heterocycles. The van der Waals surface area contributed by atoms with E-state index < -0.39 is 0 Å². The molecule has 0 saturated heterocycles. The van der Waals surface area contributed by atoms with Crippen LogP contribution in [0.1, 0.15) is 16.1 Å². The van der Waals surface area contributed by atoms with Crippen LogP contribution in [0, 0.1) is 6.92 Å². The van der Waals surface area contributed by atoms with Gasteiger partial charge in [-0.25, -0.2) is 14.5 Å². The number of nitrogens with zero attached hydrogens (tertiary/aromatic N) is 4. The molecule has 0 radical (unpaired) electrons. The molecule has 108 valence electrons. The number of carbonyl (C=O) groups excluding carboxylic acids is 1. The van der Waals surface area contributed by atoms with Gasteiger partial charge in [0, 0.05) is 18.5 Å². The number of nitrogens with one attached hydrogen (secondary N) is 1. The van der Waals surface area contributed by atoms with Crippen molar-refractivity contribution >= 4 is 38.2 Å². The molecule has 0 aliphatic rings. The highest BCUT2D eigenvalue weighted by Gasteiger charge is 2.13. The summed E-state index contributed by atoms with van der Waals surface area (Å²) in [4.78, 5) is 20.8. The Kier molecular flexibility index (Phi) is 2.87. The summed E-state index contributed by atoms with van der Waals surface area (Å²) >= 11 is 1.45. The van der Waals surface area contributed by atoms with E-state index in [4.69, 9.17) is 0 Å². The summed E-state index contributed by atoms with van der Waals surface area (Å²) in [7, 11) is 0. The number of thiazole rings is 1. The van der Waals surface area contributed by atoms with Crippen LogP contribution in [0.25, 0.3) is 15.9 Å². The number of aryl methyl sites for hydroxylation is 1. The average Bonchev–Trinajstić information content (AvgIpc) is 3.09. The van der Waals surface area contributed by atoms with Crippen LogP contribution in [-0.2, 0) is 0 Å². The third-order valence-corrected chi connectivity index (χ3v) is 4.17. The van der Waals surface area contributed by atoms with Crippen LogP contribution in [-0.4, -0.2) is 25.5 Å². The number of fused-ring (bicyclic) bond motifs is 2. The Balaban J connectivity index is 1.64. The molecule has 7 heteroatoms. The van der Waals surface area contributed by atoms with Crippen LogP contribution in [0.15, 0.2) is 42.7 Å². The Hall–Kier alpha value is -2.80. The third-order valence-electron chi connectivity index (χ3n) is 3.23. The molecule has 6 nitrogen and oxygen atoms in total. The van der Waals surface area contributed by atoms with Crippen molar-refractivity contribution in [3.63, 3.8) is 0 Å². The molecule has 0 fully saturated rings. The van der Waals surface area contributed by atoms with E-state index in [0.717, 1.165) is 10.2 Å². The summed E-state index contributed by atoms with van der Waals surface area (Å²) in [5.41, 5.74) is 2.99. The van der Waals surface area contributed by atoms with Crippen LogP contribution >= 0.6 is 11.3 Å². The van der Waals surface area contributed by atoms with Crippen molar-refractivity contribution in [3.8, 4) is 0 Å². The maximum absolute atomic E-state index is 12.3. The van der Waals surface area contributed by atoms with Crippen molar-refractivity contribution < 1.29 is 4.79 Å². The second-order valence-electron chi connectivity index (χ2n) is 4.90. The van der Waals surface area contributed by atoms with Gasteiger partial charge in [0.15, 0.2) is 16.5 Å². The molecule has 1 amide bonds. The largest absolute Gasteiger partial charge is 0.296 e. The predicted octanol–water partition coefficient (Wildman–Crippen LogP) is 2.90. The van der Waals surface area contributed by atoms with Crippen LogP contribution in [0.3, 0.4) is 0 Å². The number of benzene rings is 1. The molecule has 0 unspecified atom stereocenters. The monoisotopic (exact) mass is 309 g/mol. The first-order valence-corrected chi connectivity index (χ1v) is 7.50. The second-order valence-corrected chi connectivity index (χ2v) is 5.93. The number of rotatable bonds is 2. The quantitative estimate of drug-likeness (QED) is 0.618. The lowest BCUT2D eigenvalue weighted by atomic mass is 10.2. The Morgan fingerprint density at radius 1 is 1.32 bits per heavy atom. The number of carbonyl (C=O) groups is 1. The fourth-order valence-corrected chi connectivity index (χ4v) is 3.15. The molecule has 1 N–H and O–H groups in total. The molecular weight excluding hydrogens is 298 g/mol. The van der Waals surface area contributed by atoms with Crippen LogP contribution < -0.4 is 5.32 Å². The zero-order valence-electron chi connectivity index (χ0n) is 11.6. The number of aromatic nitrogens is 4. The van der Waals surface area contributed by atoms with Gasteiger partial charge in [0.2, 0.25) is 0 Å². The minimum Gasteiger partial charge on any atom is -0.296 e. The van der Waals surface area contributed by atoms with E-state index in [9.17, 15) is 4.79 Å². The fraction of sp³-hybridized carbons (Fsp3) is 0.0667. The zero-order chi connectivity index (χ0) is 15.1. The van der Waals surface area contributed by atoms with E-state index in [1.54, 1.807) is 29.0 Å². The van der Waals surface area contributed by atoms with Gasteiger partial charge in [-0.05, 0) is 30.7 Å². The van der Waals surface area contributed by atoms with Crippen molar-refractivity contribution in [1.82, 2.24) is 19.6 Å². The van der Waals surface area contributed by atoms with Crippen LogP contribution in [0.4, 0.5) is 5.13 Å². The molecule has 0 saturated carbocycles. The maximum Gasteiger partial charge on any atom is 0.278 e. The Morgan fingerprint density at radius 2 is 2.23 bits per heavy atom. The third kappa shape index (κ3) is 2.21. The molecule has 4 rings (SSSR count). The van der Waals surface area contributed by atoms with E-state index in [1.165, 1.54) is 16.9 Å². The first-order valence-electron chi connectivity index (χ1n) is 6.68. The first kappa shape index (κ1) is 12.9. The maximum atomic E-state index is 12.3. The Morgan fingerprint density at radius 3 is 3.09 bits per heavy atom. The molecule has 3 heterocycles. The molecular formula is C15H11N5OS. The van der Waals surface area contributed by atoms with Gasteiger partial charge >= 0.3 is 0 Å².